The van der Waals surface area contributed by atoms with Gasteiger partial charge in [-0.3, -0.25) is 9.88 Å². The molecule has 0 atom stereocenters. The highest BCUT2D eigenvalue weighted by molar-refractivity contribution is 7.82. The van der Waals surface area contributed by atoms with Crippen LogP contribution in [0.4, 0.5) is 15.3 Å². The van der Waals surface area contributed by atoms with Gasteiger partial charge in [0.15, 0.2) is 0 Å². The standard InChI is InChI=1S/C24H34N6O3S/c1-18-7-8-19(25-16-18)6-5-11-28-12-14-29(15-13-28)23(32)33-21-10-9-20(17-26-21)30(34)22(31)27-24(2,3)4/h7-10,16-17,34H,5-6,11-15H2,1-4H3,(H,27,31). The molecule has 10 heteroatoms. The van der Waals surface area contributed by atoms with Crippen LogP contribution in [0.2, 0.25) is 0 Å². The lowest BCUT2D eigenvalue weighted by Crippen LogP contribution is -2.49. The molecule has 184 valence electrons. The lowest BCUT2D eigenvalue weighted by molar-refractivity contribution is 0.109. The fraction of sp³-hybridized carbons (Fsp3) is 0.500. The summed E-state index contributed by atoms with van der Waals surface area (Å²) in [6.45, 7) is 11.5. The molecule has 3 rings (SSSR count). The van der Waals surface area contributed by atoms with Crippen molar-refractivity contribution in [1.82, 2.24) is 25.1 Å². The van der Waals surface area contributed by atoms with Crippen molar-refractivity contribution >= 4 is 30.6 Å². The van der Waals surface area contributed by atoms with E-state index in [1.807, 2.05) is 33.9 Å². The van der Waals surface area contributed by atoms with Gasteiger partial charge >= 0.3 is 12.1 Å². The van der Waals surface area contributed by atoms with Crippen LogP contribution in [0.5, 0.6) is 5.88 Å². The van der Waals surface area contributed by atoms with Gasteiger partial charge in [-0.25, -0.2) is 18.9 Å². The van der Waals surface area contributed by atoms with Crippen LogP contribution < -0.4 is 14.4 Å². The molecule has 0 unspecified atom stereocenters. The molecule has 1 saturated heterocycles. The quantitative estimate of drug-likeness (QED) is 0.605. The van der Waals surface area contributed by atoms with E-state index in [4.69, 9.17) is 4.74 Å². The number of anilines is 1. The minimum absolute atomic E-state index is 0.180. The Bertz CT molecular complexity index is 954. The minimum Gasteiger partial charge on any atom is -0.391 e. The van der Waals surface area contributed by atoms with Gasteiger partial charge in [-0.15, -0.1) is 0 Å². The van der Waals surface area contributed by atoms with Crippen molar-refractivity contribution < 1.29 is 14.3 Å². The number of ether oxygens (including phenoxy) is 1. The normalized spacial score (nSPS) is 14.6. The highest BCUT2D eigenvalue weighted by Gasteiger charge is 2.23. The van der Waals surface area contributed by atoms with E-state index in [-0.39, 0.29) is 17.5 Å². The van der Waals surface area contributed by atoms with E-state index >= 15 is 0 Å². The smallest absolute Gasteiger partial charge is 0.391 e. The maximum absolute atomic E-state index is 12.5. The number of carbonyl (C=O) groups is 2. The number of aryl methyl sites for hydroxylation is 2. The fourth-order valence-corrected chi connectivity index (χ4v) is 3.66. The van der Waals surface area contributed by atoms with E-state index in [2.05, 4.69) is 45.1 Å². The Morgan fingerprint density at radius 2 is 1.82 bits per heavy atom. The van der Waals surface area contributed by atoms with Crippen LogP contribution in [0.15, 0.2) is 36.7 Å². The molecule has 0 bridgehead atoms. The number of hydrogen-bond acceptors (Lipinski definition) is 7. The number of nitrogens with one attached hydrogen (secondary N) is 1. The third-order valence-electron chi connectivity index (χ3n) is 5.34. The zero-order valence-corrected chi connectivity index (χ0v) is 21.2. The Balaban J connectivity index is 1.40. The summed E-state index contributed by atoms with van der Waals surface area (Å²) in [4.78, 5) is 37.4. The molecule has 9 nitrogen and oxygen atoms in total. The first kappa shape index (κ1) is 25.8. The number of amides is 3. The molecule has 3 amide bonds. The SMILES string of the molecule is Cc1ccc(CCCN2CCN(C(=O)Oc3ccc(N(S)C(=O)NC(C)(C)C)cn3)CC2)nc1. The van der Waals surface area contributed by atoms with Gasteiger partial charge in [-0.1, -0.05) is 18.9 Å². The Kier molecular flexibility index (Phi) is 8.73. The molecule has 2 aromatic heterocycles. The summed E-state index contributed by atoms with van der Waals surface area (Å²) in [7, 11) is 0. The molecule has 0 aliphatic carbocycles. The number of hydrogen-bond donors (Lipinski definition) is 2. The number of nitrogens with zero attached hydrogens (tertiary/aromatic N) is 5. The van der Waals surface area contributed by atoms with E-state index < -0.39 is 6.09 Å². The van der Waals surface area contributed by atoms with Crippen molar-refractivity contribution in [2.45, 2.75) is 46.1 Å². The van der Waals surface area contributed by atoms with Crippen molar-refractivity contribution in [1.29, 1.82) is 0 Å². The summed E-state index contributed by atoms with van der Waals surface area (Å²) in [6.07, 6.45) is 4.91. The van der Waals surface area contributed by atoms with Gasteiger partial charge < -0.3 is 15.0 Å². The number of pyridine rings is 2. The first-order valence-electron chi connectivity index (χ1n) is 11.5. The molecule has 0 radical (unpaired) electrons. The van der Waals surface area contributed by atoms with Crippen molar-refractivity contribution in [3.05, 3.63) is 47.9 Å². The lowest BCUT2D eigenvalue weighted by atomic mass is 10.1. The maximum atomic E-state index is 12.5. The van der Waals surface area contributed by atoms with Gasteiger partial charge in [0, 0.05) is 49.7 Å². The van der Waals surface area contributed by atoms with Gasteiger partial charge in [-0.2, -0.15) is 0 Å². The van der Waals surface area contributed by atoms with Gasteiger partial charge in [0.1, 0.15) is 0 Å². The predicted molar refractivity (Wildman–Crippen MR) is 135 cm³/mol. The van der Waals surface area contributed by atoms with Gasteiger partial charge in [0.25, 0.3) is 0 Å². The molecular formula is C24H34N6O3S. The van der Waals surface area contributed by atoms with Gasteiger partial charge in [0.2, 0.25) is 5.88 Å². The Labute approximate surface area is 207 Å². The Morgan fingerprint density at radius 1 is 1.09 bits per heavy atom. The van der Waals surface area contributed by atoms with Crippen molar-refractivity contribution in [2.75, 3.05) is 37.0 Å². The number of urea groups is 1. The van der Waals surface area contributed by atoms with Crippen LogP contribution in [0.3, 0.4) is 0 Å². The molecule has 1 fully saturated rings. The van der Waals surface area contributed by atoms with E-state index in [9.17, 15) is 9.59 Å². The number of carbonyl (C=O) groups excluding carboxylic acids is 2. The summed E-state index contributed by atoms with van der Waals surface area (Å²) in [5.74, 6) is 0.180. The highest BCUT2D eigenvalue weighted by Crippen LogP contribution is 2.19. The molecule has 0 saturated carbocycles. The second kappa shape index (κ2) is 11.5. The van der Waals surface area contributed by atoms with Crippen LogP contribution >= 0.6 is 12.8 Å². The summed E-state index contributed by atoms with van der Waals surface area (Å²) < 4.78 is 6.58. The minimum atomic E-state index is -0.419. The van der Waals surface area contributed by atoms with Crippen LogP contribution in [0, 0.1) is 6.92 Å². The largest absolute Gasteiger partial charge is 0.416 e. The summed E-state index contributed by atoms with van der Waals surface area (Å²) in [6, 6.07) is 6.99. The van der Waals surface area contributed by atoms with Crippen LogP contribution in [0.25, 0.3) is 0 Å². The number of thiol groups is 1. The zero-order chi connectivity index (χ0) is 24.7. The second-order valence-electron chi connectivity index (χ2n) is 9.47. The molecule has 0 aromatic carbocycles. The van der Waals surface area contributed by atoms with Crippen LogP contribution in [-0.4, -0.2) is 70.2 Å². The fourth-order valence-electron chi connectivity index (χ4n) is 3.49. The first-order chi connectivity index (χ1) is 16.1. The molecule has 0 spiro atoms. The highest BCUT2D eigenvalue weighted by atomic mass is 32.1. The average Bonchev–Trinajstić information content (AvgIpc) is 2.80. The van der Waals surface area contributed by atoms with E-state index in [1.165, 1.54) is 11.8 Å². The summed E-state index contributed by atoms with van der Waals surface area (Å²) in [5.41, 5.74) is 2.37. The first-order valence-corrected chi connectivity index (χ1v) is 11.9. The second-order valence-corrected chi connectivity index (χ2v) is 9.87. The Morgan fingerprint density at radius 3 is 2.41 bits per heavy atom. The molecule has 1 aliphatic heterocycles. The van der Waals surface area contributed by atoms with Crippen molar-refractivity contribution in [2.24, 2.45) is 0 Å². The van der Waals surface area contributed by atoms with E-state index in [0.717, 1.165) is 42.5 Å². The summed E-state index contributed by atoms with van der Waals surface area (Å²) >= 11 is 4.23. The van der Waals surface area contributed by atoms with E-state index in [1.54, 1.807) is 17.0 Å². The monoisotopic (exact) mass is 486 g/mol. The Hall–Kier alpha value is -2.85. The van der Waals surface area contributed by atoms with Crippen LogP contribution in [0.1, 0.15) is 38.4 Å². The van der Waals surface area contributed by atoms with Crippen LogP contribution in [-0.2, 0) is 6.42 Å². The average molecular weight is 487 g/mol. The molecule has 34 heavy (non-hydrogen) atoms. The topological polar surface area (TPSA) is 90.9 Å². The lowest BCUT2D eigenvalue weighted by Gasteiger charge is -2.33. The predicted octanol–water partition coefficient (Wildman–Crippen LogP) is 3.69. The molecule has 1 N–H and O–H groups in total. The molecule has 1 aliphatic rings. The molecular weight excluding hydrogens is 452 g/mol. The number of piperazine rings is 1. The number of aromatic nitrogens is 2. The molecule has 3 heterocycles. The third-order valence-corrected chi connectivity index (χ3v) is 5.75. The van der Waals surface area contributed by atoms with Gasteiger partial charge in [0.05, 0.1) is 11.9 Å². The maximum Gasteiger partial charge on any atom is 0.416 e. The molecule has 2 aromatic rings. The number of rotatable bonds is 6. The van der Waals surface area contributed by atoms with Crippen molar-refractivity contribution in [3.8, 4) is 5.88 Å². The van der Waals surface area contributed by atoms with Gasteiger partial charge in [-0.05, 0) is 64.8 Å². The van der Waals surface area contributed by atoms with Crippen molar-refractivity contribution in [3.63, 3.8) is 0 Å². The van der Waals surface area contributed by atoms with E-state index in [0.29, 0.717) is 18.8 Å². The zero-order valence-electron chi connectivity index (χ0n) is 20.3. The third kappa shape index (κ3) is 7.88. The summed E-state index contributed by atoms with van der Waals surface area (Å²) in [5, 5.41) is 2.82.